The number of aliphatic hydroxyl groups is 5. The molecule has 13 nitrogen and oxygen atoms in total. The largest absolute Gasteiger partial charge is 0.472 e. The van der Waals surface area contributed by atoms with Crippen LogP contribution in [0.5, 0.6) is 0 Å². The number of phosphoric ester groups is 1. The van der Waals surface area contributed by atoms with E-state index in [2.05, 4.69) is 38.2 Å². The maximum absolute atomic E-state index is 12.8. The van der Waals surface area contributed by atoms with E-state index in [-0.39, 0.29) is 12.8 Å². The molecule has 0 radical (unpaired) electrons. The lowest BCUT2D eigenvalue weighted by Gasteiger charge is -2.41. The minimum atomic E-state index is -5.12. The zero-order valence-electron chi connectivity index (χ0n) is 39.4. The summed E-state index contributed by atoms with van der Waals surface area (Å²) in [6.07, 6.45) is 30.9. The Kier molecular flexibility index (Phi) is 37.2. The van der Waals surface area contributed by atoms with Gasteiger partial charge in [-0.15, -0.1) is 0 Å². The highest BCUT2D eigenvalue weighted by Gasteiger charge is 2.51. The van der Waals surface area contributed by atoms with Gasteiger partial charge in [0.05, 0.1) is 6.61 Å². The molecule has 1 aliphatic rings. The zero-order chi connectivity index (χ0) is 46.4. The smallest absolute Gasteiger partial charge is 0.462 e. The van der Waals surface area contributed by atoms with Crippen LogP contribution >= 0.6 is 7.82 Å². The topological polar surface area (TPSA) is 210 Å². The van der Waals surface area contributed by atoms with E-state index < -0.39 is 75.7 Å². The van der Waals surface area contributed by atoms with Gasteiger partial charge < -0.3 is 39.9 Å². The van der Waals surface area contributed by atoms with E-state index in [0.29, 0.717) is 12.8 Å². The molecule has 0 amide bonds. The Morgan fingerprint density at radius 3 is 1.24 bits per heavy atom. The summed E-state index contributed by atoms with van der Waals surface area (Å²) in [5.41, 5.74) is 0. The van der Waals surface area contributed by atoms with Gasteiger partial charge in [0, 0.05) is 12.8 Å². The van der Waals surface area contributed by atoms with Crippen LogP contribution in [-0.2, 0) is 32.7 Å². The fourth-order valence-corrected chi connectivity index (χ4v) is 8.66. The van der Waals surface area contributed by atoms with Gasteiger partial charge in [-0.1, -0.05) is 167 Å². The number of hydrogen-bond acceptors (Lipinski definition) is 12. The number of phosphoric acid groups is 1. The first-order valence-corrected chi connectivity index (χ1v) is 26.6. The van der Waals surface area contributed by atoms with Crippen molar-refractivity contribution in [3.8, 4) is 0 Å². The molecule has 1 saturated carbocycles. The minimum absolute atomic E-state index is 0.0685. The molecule has 0 bridgehead atoms. The molecular weight excluding hydrogens is 827 g/mol. The summed E-state index contributed by atoms with van der Waals surface area (Å²) < 4.78 is 33.6. The molecule has 1 aliphatic carbocycles. The quantitative estimate of drug-likeness (QED) is 0.0146. The van der Waals surface area contributed by atoms with Crippen molar-refractivity contribution in [1.29, 1.82) is 0 Å². The highest BCUT2D eigenvalue weighted by atomic mass is 31.2. The number of esters is 2. The molecule has 370 valence electrons. The number of rotatable bonds is 42. The Morgan fingerprint density at radius 1 is 0.476 bits per heavy atom. The summed E-state index contributed by atoms with van der Waals surface area (Å²) in [6.45, 7) is 3.30. The van der Waals surface area contributed by atoms with Gasteiger partial charge in [0.25, 0.3) is 0 Å². The van der Waals surface area contributed by atoms with E-state index >= 15 is 0 Å². The fraction of sp³-hybridized carbons (Fsp3) is 0.878. The first kappa shape index (κ1) is 59.3. The average molecular weight is 919 g/mol. The van der Waals surface area contributed by atoms with Crippen LogP contribution in [0.25, 0.3) is 0 Å². The molecule has 0 aromatic carbocycles. The SMILES string of the molecule is CCCCCCCC/C=C/CCCCCCCCCCCC(=O)OC[C@@H](COP(=O)(O)OC1C(O)C(O)C(O)[C@H](O)C1O)OC(=O)CCCC/C=C/CCCCCCCCCCC. The molecule has 63 heavy (non-hydrogen) atoms. The van der Waals surface area contributed by atoms with Crippen LogP contribution < -0.4 is 0 Å². The number of carbonyl (C=O) groups is 2. The number of allylic oxidation sites excluding steroid dienone is 4. The molecule has 14 heteroatoms. The van der Waals surface area contributed by atoms with Gasteiger partial charge >= 0.3 is 19.8 Å². The second-order valence-corrected chi connectivity index (χ2v) is 19.1. The standard InChI is InChI=1S/C49H91O13P/c1-3-5-7-9-11-13-15-17-19-20-21-22-24-25-27-29-31-33-35-37-42(50)59-39-41(40-60-63(57,58)62-49-47(55)45(53)44(52)46(54)48(49)56)61-43(51)38-36-34-32-30-28-26-23-18-16-14-12-10-8-6-4-2/h17,19,28,30,41,44-49,52-56H,3-16,18,20-27,29,31-40H2,1-2H3,(H,57,58)/b19-17+,30-28+/t41-,44?,45-,46?,47?,48?,49?/m0/s1. The van der Waals surface area contributed by atoms with Crippen LogP contribution in [0.2, 0.25) is 0 Å². The number of carbonyl (C=O) groups excluding carboxylic acids is 2. The second kappa shape index (κ2) is 39.5. The highest BCUT2D eigenvalue weighted by molar-refractivity contribution is 7.47. The van der Waals surface area contributed by atoms with Crippen molar-refractivity contribution in [2.45, 2.75) is 262 Å². The van der Waals surface area contributed by atoms with Gasteiger partial charge in [0.2, 0.25) is 0 Å². The van der Waals surface area contributed by atoms with Gasteiger partial charge in [-0.2, -0.15) is 0 Å². The number of aliphatic hydroxyl groups excluding tert-OH is 5. The van der Waals surface area contributed by atoms with Crippen molar-refractivity contribution in [3.05, 3.63) is 24.3 Å². The van der Waals surface area contributed by atoms with Crippen LogP contribution in [0.1, 0.15) is 219 Å². The van der Waals surface area contributed by atoms with E-state index in [1.165, 1.54) is 135 Å². The zero-order valence-corrected chi connectivity index (χ0v) is 40.3. The average Bonchev–Trinajstić information content (AvgIpc) is 3.26. The molecule has 0 aliphatic heterocycles. The Hall–Kier alpha value is -1.67. The summed E-state index contributed by atoms with van der Waals surface area (Å²) in [7, 11) is -5.12. The van der Waals surface area contributed by atoms with Crippen molar-refractivity contribution in [2.24, 2.45) is 0 Å². The Bertz CT molecular complexity index is 1200. The maximum Gasteiger partial charge on any atom is 0.472 e. The van der Waals surface area contributed by atoms with Crippen LogP contribution in [-0.4, -0.2) is 98.3 Å². The second-order valence-electron chi connectivity index (χ2n) is 17.7. The van der Waals surface area contributed by atoms with Gasteiger partial charge in [-0.3, -0.25) is 18.6 Å². The van der Waals surface area contributed by atoms with Crippen LogP contribution in [0, 0.1) is 0 Å². The summed E-state index contributed by atoms with van der Waals surface area (Å²) in [4.78, 5) is 35.8. The van der Waals surface area contributed by atoms with Crippen molar-refractivity contribution >= 4 is 19.8 Å². The van der Waals surface area contributed by atoms with Crippen LogP contribution in [0.3, 0.4) is 0 Å². The third-order valence-electron chi connectivity index (χ3n) is 11.8. The Morgan fingerprint density at radius 2 is 0.810 bits per heavy atom. The van der Waals surface area contributed by atoms with Crippen molar-refractivity contribution in [3.63, 3.8) is 0 Å². The number of ether oxygens (including phenoxy) is 2. The Labute approximate surface area is 381 Å². The lowest BCUT2D eigenvalue weighted by atomic mass is 9.85. The first-order valence-electron chi connectivity index (χ1n) is 25.1. The lowest BCUT2D eigenvalue weighted by molar-refractivity contribution is -0.220. The summed E-state index contributed by atoms with van der Waals surface area (Å²) >= 11 is 0. The lowest BCUT2D eigenvalue weighted by Crippen LogP contribution is -2.64. The molecule has 0 aromatic heterocycles. The first-order chi connectivity index (χ1) is 30.4. The molecule has 1 rings (SSSR count). The third-order valence-corrected chi connectivity index (χ3v) is 12.8. The van der Waals surface area contributed by atoms with Crippen LogP contribution in [0.15, 0.2) is 24.3 Å². The van der Waals surface area contributed by atoms with Gasteiger partial charge in [-0.25, -0.2) is 4.57 Å². The monoisotopic (exact) mass is 919 g/mol. The van der Waals surface area contributed by atoms with E-state index in [0.717, 1.165) is 44.9 Å². The van der Waals surface area contributed by atoms with Gasteiger partial charge in [0.15, 0.2) is 6.10 Å². The molecular formula is C49H91O13P. The molecule has 0 saturated heterocycles. The molecule has 8 atom stereocenters. The minimum Gasteiger partial charge on any atom is -0.462 e. The Balaban J connectivity index is 2.41. The van der Waals surface area contributed by atoms with Crippen molar-refractivity contribution in [2.75, 3.05) is 13.2 Å². The fourth-order valence-electron chi connectivity index (χ4n) is 7.69. The molecule has 0 aromatic rings. The van der Waals surface area contributed by atoms with E-state index in [1.807, 2.05) is 0 Å². The van der Waals surface area contributed by atoms with Gasteiger partial charge in [-0.05, 0) is 64.2 Å². The predicted octanol–water partition coefficient (Wildman–Crippen LogP) is 10.4. The maximum atomic E-state index is 12.8. The van der Waals surface area contributed by atoms with Crippen molar-refractivity contribution in [1.82, 2.24) is 0 Å². The van der Waals surface area contributed by atoms with Gasteiger partial charge in [0.1, 0.15) is 43.2 Å². The van der Waals surface area contributed by atoms with E-state index in [4.69, 9.17) is 18.5 Å². The normalized spacial score (nSPS) is 21.8. The van der Waals surface area contributed by atoms with Crippen LogP contribution in [0.4, 0.5) is 0 Å². The molecule has 6 N–H and O–H groups in total. The van der Waals surface area contributed by atoms with Crippen molar-refractivity contribution < 1.29 is 63.1 Å². The van der Waals surface area contributed by atoms with E-state index in [9.17, 15) is 44.6 Å². The third kappa shape index (κ3) is 31.8. The number of unbranched alkanes of at least 4 members (excludes halogenated alkanes) is 26. The summed E-state index contributed by atoms with van der Waals surface area (Å²) in [5.74, 6) is -1.12. The molecule has 0 heterocycles. The molecule has 6 unspecified atom stereocenters. The van der Waals surface area contributed by atoms with E-state index in [1.54, 1.807) is 0 Å². The predicted molar refractivity (Wildman–Crippen MR) is 249 cm³/mol. The summed E-state index contributed by atoms with van der Waals surface area (Å²) in [6, 6.07) is 0. The molecule has 0 spiro atoms. The summed E-state index contributed by atoms with van der Waals surface area (Å²) in [5, 5.41) is 50.2. The highest BCUT2D eigenvalue weighted by Crippen LogP contribution is 2.47. The molecule has 1 fully saturated rings. The number of hydrogen-bond donors (Lipinski definition) is 6.